The van der Waals surface area contributed by atoms with Crippen LogP contribution < -0.4 is 0 Å². The second-order valence-corrected chi connectivity index (χ2v) is 8.64. The van der Waals surface area contributed by atoms with Gasteiger partial charge in [-0.05, 0) is 54.2 Å². The maximum atomic E-state index is 13.4. The minimum absolute atomic E-state index is 0.0581. The van der Waals surface area contributed by atoms with Crippen molar-refractivity contribution < 1.29 is 9.59 Å². The third-order valence-electron chi connectivity index (χ3n) is 6.07. The minimum atomic E-state index is -0.667. The first-order valence-electron chi connectivity index (χ1n) is 10.9. The standard InChI is InChI=1S/C26H28N4O2/c1-29(2)25(32)26(12-7-15-30(19-26)24(31)23-11-3-4-14-28-23)17-20-8-5-9-21(16-20)22-10-6-13-27-18-22/h3-6,8-11,13-14,16,18H,7,12,15,17,19H2,1-2H3. The van der Waals surface area contributed by atoms with Gasteiger partial charge in [0.05, 0.1) is 5.41 Å². The van der Waals surface area contributed by atoms with Gasteiger partial charge in [-0.15, -0.1) is 0 Å². The number of carbonyl (C=O) groups excluding carboxylic acids is 2. The Bertz CT molecular complexity index is 1090. The van der Waals surface area contributed by atoms with Crippen molar-refractivity contribution >= 4 is 11.8 Å². The molecule has 4 rings (SSSR count). The molecular formula is C26H28N4O2. The van der Waals surface area contributed by atoms with Crippen molar-refractivity contribution in [2.75, 3.05) is 27.2 Å². The van der Waals surface area contributed by atoms with Crippen LogP contribution in [0, 0.1) is 5.41 Å². The zero-order valence-corrected chi connectivity index (χ0v) is 18.6. The molecule has 2 aromatic heterocycles. The van der Waals surface area contributed by atoms with E-state index in [2.05, 4.69) is 28.2 Å². The van der Waals surface area contributed by atoms with Gasteiger partial charge in [-0.25, -0.2) is 0 Å². The van der Waals surface area contributed by atoms with Crippen LogP contribution in [0.1, 0.15) is 28.9 Å². The summed E-state index contributed by atoms with van der Waals surface area (Å²) in [6, 6.07) is 17.5. The van der Waals surface area contributed by atoms with E-state index in [1.165, 1.54) is 0 Å². The van der Waals surface area contributed by atoms with Gasteiger partial charge >= 0.3 is 0 Å². The van der Waals surface area contributed by atoms with E-state index in [1.807, 2.05) is 30.5 Å². The Morgan fingerprint density at radius 3 is 2.59 bits per heavy atom. The fraction of sp³-hybridized carbons (Fsp3) is 0.308. The molecule has 3 heterocycles. The van der Waals surface area contributed by atoms with Crippen LogP contribution in [0.4, 0.5) is 0 Å². The summed E-state index contributed by atoms with van der Waals surface area (Å²) >= 11 is 0. The van der Waals surface area contributed by atoms with Gasteiger partial charge in [0, 0.05) is 45.8 Å². The molecule has 1 unspecified atom stereocenters. The molecule has 32 heavy (non-hydrogen) atoms. The molecule has 0 aliphatic carbocycles. The summed E-state index contributed by atoms with van der Waals surface area (Å²) in [5, 5.41) is 0. The summed E-state index contributed by atoms with van der Waals surface area (Å²) in [5.41, 5.74) is 2.94. The maximum absolute atomic E-state index is 13.4. The Hall–Kier alpha value is -3.54. The van der Waals surface area contributed by atoms with E-state index in [9.17, 15) is 9.59 Å². The van der Waals surface area contributed by atoms with Crippen molar-refractivity contribution in [1.82, 2.24) is 19.8 Å². The minimum Gasteiger partial charge on any atom is -0.348 e. The summed E-state index contributed by atoms with van der Waals surface area (Å²) < 4.78 is 0. The smallest absolute Gasteiger partial charge is 0.272 e. The number of carbonyl (C=O) groups is 2. The van der Waals surface area contributed by atoms with Crippen LogP contribution in [0.25, 0.3) is 11.1 Å². The number of likely N-dealkylation sites (tertiary alicyclic amines) is 1. The quantitative estimate of drug-likeness (QED) is 0.622. The van der Waals surface area contributed by atoms with Gasteiger partial charge < -0.3 is 9.80 Å². The van der Waals surface area contributed by atoms with Gasteiger partial charge in [-0.2, -0.15) is 0 Å². The fourth-order valence-corrected chi connectivity index (χ4v) is 4.61. The van der Waals surface area contributed by atoms with Crippen molar-refractivity contribution in [1.29, 1.82) is 0 Å². The Labute approximate surface area is 188 Å². The van der Waals surface area contributed by atoms with Crippen LogP contribution in [-0.4, -0.2) is 58.8 Å². The summed E-state index contributed by atoms with van der Waals surface area (Å²) in [7, 11) is 3.57. The number of pyridine rings is 2. The first-order chi connectivity index (χ1) is 15.5. The lowest BCUT2D eigenvalue weighted by atomic mass is 9.73. The van der Waals surface area contributed by atoms with Gasteiger partial charge in [-0.1, -0.05) is 36.4 Å². The Morgan fingerprint density at radius 1 is 1.03 bits per heavy atom. The van der Waals surface area contributed by atoms with Crippen molar-refractivity contribution in [3.05, 3.63) is 84.4 Å². The highest BCUT2D eigenvalue weighted by molar-refractivity contribution is 5.93. The number of nitrogens with zero attached hydrogens (tertiary/aromatic N) is 4. The first-order valence-corrected chi connectivity index (χ1v) is 10.9. The largest absolute Gasteiger partial charge is 0.348 e. The fourth-order valence-electron chi connectivity index (χ4n) is 4.61. The topological polar surface area (TPSA) is 66.4 Å². The number of piperidine rings is 1. The number of rotatable bonds is 5. The highest BCUT2D eigenvalue weighted by atomic mass is 16.2. The lowest BCUT2D eigenvalue weighted by Gasteiger charge is -2.43. The number of amides is 2. The second kappa shape index (κ2) is 9.30. The zero-order valence-electron chi connectivity index (χ0n) is 18.6. The van der Waals surface area contributed by atoms with E-state index in [0.717, 1.165) is 29.5 Å². The van der Waals surface area contributed by atoms with Crippen molar-refractivity contribution in [2.45, 2.75) is 19.3 Å². The van der Waals surface area contributed by atoms with Gasteiger partial charge in [0.25, 0.3) is 5.91 Å². The van der Waals surface area contributed by atoms with Gasteiger partial charge in [0.1, 0.15) is 5.69 Å². The molecular weight excluding hydrogens is 400 g/mol. The zero-order chi connectivity index (χ0) is 22.6. The predicted molar refractivity (Wildman–Crippen MR) is 124 cm³/mol. The average molecular weight is 429 g/mol. The van der Waals surface area contributed by atoms with E-state index < -0.39 is 5.41 Å². The molecule has 1 fully saturated rings. The van der Waals surface area contributed by atoms with Crippen LogP contribution in [0.2, 0.25) is 0 Å². The van der Waals surface area contributed by atoms with Crippen LogP contribution in [-0.2, 0) is 11.2 Å². The molecule has 0 bridgehead atoms. The highest BCUT2D eigenvalue weighted by Crippen LogP contribution is 2.36. The molecule has 1 saturated heterocycles. The summed E-state index contributed by atoms with van der Waals surface area (Å²) in [6.45, 7) is 1.02. The molecule has 3 aromatic rings. The second-order valence-electron chi connectivity index (χ2n) is 8.64. The monoisotopic (exact) mass is 428 g/mol. The van der Waals surface area contributed by atoms with E-state index in [1.54, 1.807) is 48.4 Å². The molecule has 0 N–H and O–H groups in total. The molecule has 0 radical (unpaired) electrons. The molecule has 1 aliphatic rings. The van der Waals surface area contributed by atoms with Gasteiger partial charge in [-0.3, -0.25) is 19.6 Å². The van der Waals surface area contributed by atoms with E-state index >= 15 is 0 Å². The third-order valence-corrected chi connectivity index (χ3v) is 6.07. The van der Waals surface area contributed by atoms with Gasteiger partial charge in [0.2, 0.25) is 5.91 Å². The maximum Gasteiger partial charge on any atom is 0.272 e. The molecule has 1 aliphatic heterocycles. The molecule has 164 valence electrons. The number of benzene rings is 1. The van der Waals surface area contributed by atoms with Crippen molar-refractivity contribution in [3.63, 3.8) is 0 Å². The molecule has 1 aromatic carbocycles. The summed E-state index contributed by atoms with van der Waals surface area (Å²) in [5.74, 6) is -0.0619. The number of hydrogen-bond donors (Lipinski definition) is 0. The predicted octanol–water partition coefficient (Wildman–Crippen LogP) is 3.70. The summed E-state index contributed by atoms with van der Waals surface area (Å²) in [6.07, 6.45) is 7.32. The first kappa shape index (κ1) is 21.7. The van der Waals surface area contributed by atoms with Crippen molar-refractivity contribution in [3.8, 4) is 11.1 Å². The molecule has 6 heteroatoms. The normalized spacial score (nSPS) is 18.2. The lowest BCUT2D eigenvalue weighted by molar-refractivity contribution is -0.142. The molecule has 0 spiro atoms. The number of hydrogen-bond acceptors (Lipinski definition) is 4. The molecule has 0 saturated carbocycles. The Morgan fingerprint density at radius 2 is 1.88 bits per heavy atom. The Balaban J connectivity index is 1.64. The van der Waals surface area contributed by atoms with E-state index in [4.69, 9.17) is 0 Å². The Kier molecular flexibility index (Phi) is 6.30. The third kappa shape index (κ3) is 4.54. The average Bonchev–Trinajstić information content (AvgIpc) is 2.84. The van der Waals surface area contributed by atoms with E-state index in [0.29, 0.717) is 25.2 Å². The molecule has 2 amide bonds. The summed E-state index contributed by atoms with van der Waals surface area (Å²) in [4.78, 5) is 38.4. The van der Waals surface area contributed by atoms with Crippen LogP contribution in [0.3, 0.4) is 0 Å². The lowest BCUT2D eigenvalue weighted by Crippen LogP contribution is -2.54. The van der Waals surface area contributed by atoms with Crippen LogP contribution >= 0.6 is 0 Å². The van der Waals surface area contributed by atoms with Gasteiger partial charge in [0.15, 0.2) is 0 Å². The van der Waals surface area contributed by atoms with Crippen LogP contribution in [0.15, 0.2) is 73.2 Å². The molecule has 1 atom stereocenters. The molecule has 6 nitrogen and oxygen atoms in total. The SMILES string of the molecule is CN(C)C(=O)C1(Cc2cccc(-c3cccnc3)c2)CCCN(C(=O)c2ccccn2)C1. The van der Waals surface area contributed by atoms with E-state index in [-0.39, 0.29) is 11.8 Å². The highest BCUT2D eigenvalue weighted by Gasteiger charge is 2.44. The van der Waals surface area contributed by atoms with Crippen LogP contribution in [0.5, 0.6) is 0 Å². The van der Waals surface area contributed by atoms with Crippen molar-refractivity contribution in [2.24, 2.45) is 5.41 Å². The number of aromatic nitrogens is 2.